The van der Waals surface area contributed by atoms with Crippen LogP contribution in [0.4, 0.5) is 11.8 Å². The first kappa shape index (κ1) is 48.9. The molecule has 0 radical (unpaired) electrons. The van der Waals surface area contributed by atoms with Crippen molar-refractivity contribution in [1.29, 1.82) is 5.26 Å². The Labute approximate surface area is 388 Å². The standard InChI is InChI=1S/C48H54N10O9/c1-47(2,3)16-15-38(45(62)63)57-44(61)31-11-14-41(53-26-31)67-35-10-6-9-34(24-35)66-30-40(59)51-18-20-64-22-23-65-21-19-52-46-54-27-33(28-55-46)37-13-12-36-42(60)48(4,5)58(43(36)56-37)29-32-8-7-17-50-39(32)25-49/h6-14,17,24,26-28,38H,15-16,18-23,29-30H2,1-5H3,(H,51,59)(H,57,61)(H,62,63)(H,52,54,55)/t38-/m0/s1. The molecule has 0 saturated carbocycles. The summed E-state index contributed by atoms with van der Waals surface area (Å²) in [5, 5.41) is 27.5. The Morgan fingerprint density at radius 1 is 0.896 bits per heavy atom. The van der Waals surface area contributed by atoms with Gasteiger partial charge in [0.25, 0.3) is 11.8 Å². The predicted molar refractivity (Wildman–Crippen MR) is 246 cm³/mol. The second kappa shape index (κ2) is 22.6. The molecule has 4 N–H and O–H groups in total. The van der Waals surface area contributed by atoms with E-state index in [0.29, 0.717) is 97.1 Å². The number of hydrogen-bond acceptors (Lipinski definition) is 16. The Bertz CT molecular complexity index is 2560. The number of carboxylic acids is 1. The number of anilines is 2. The molecule has 5 heterocycles. The van der Waals surface area contributed by atoms with Crippen molar-refractivity contribution >= 4 is 35.3 Å². The van der Waals surface area contributed by atoms with Gasteiger partial charge in [0.2, 0.25) is 11.8 Å². The van der Waals surface area contributed by atoms with Gasteiger partial charge in [-0.05, 0) is 68.5 Å². The zero-order valence-corrected chi connectivity index (χ0v) is 38.1. The van der Waals surface area contributed by atoms with Crippen LogP contribution in [-0.2, 0) is 25.6 Å². The molecule has 1 aromatic carbocycles. The lowest BCUT2D eigenvalue weighted by Crippen LogP contribution is -2.44. The average Bonchev–Trinajstić information content (AvgIpc) is 3.50. The van der Waals surface area contributed by atoms with Crippen LogP contribution in [0, 0.1) is 16.7 Å². The highest BCUT2D eigenvalue weighted by molar-refractivity contribution is 6.13. The summed E-state index contributed by atoms with van der Waals surface area (Å²) in [6.07, 6.45) is 7.11. The van der Waals surface area contributed by atoms with Crippen LogP contribution < -0.4 is 30.3 Å². The van der Waals surface area contributed by atoms with Gasteiger partial charge in [-0.25, -0.2) is 29.7 Å². The Morgan fingerprint density at radius 2 is 1.64 bits per heavy atom. The summed E-state index contributed by atoms with van der Waals surface area (Å²) in [5.74, 6) is -0.113. The van der Waals surface area contributed by atoms with Gasteiger partial charge in [0.05, 0.1) is 48.8 Å². The number of hydrogen-bond donors (Lipinski definition) is 4. The van der Waals surface area contributed by atoms with E-state index in [0.717, 1.165) is 0 Å². The molecule has 5 aromatic rings. The molecule has 6 rings (SSSR count). The zero-order chi connectivity index (χ0) is 48.0. The third-order valence-electron chi connectivity index (χ3n) is 10.5. The fraction of sp³-hybridized carbons (Fsp3) is 0.375. The lowest BCUT2D eigenvalue weighted by molar-refractivity contribution is -0.139. The summed E-state index contributed by atoms with van der Waals surface area (Å²) < 4.78 is 22.6. The van der Waals surface area contributed by atoms with Gasteiger partial charge in [-0.1, -0.05) is 32.9 Å². The smallest absolute Gasteiger partial charge is 0.326 e. The number of nitrogens with zero attached hydrogens (tertiary/aromatic N) is 7. The van der Waals surface area contributed by atoms with Crippen LogP contribution in [-0.4, -0.2) is 111 Å². The van der Waals surface area contributed by atoms with Gasteiger partial charge in [-0.3, -0.25) is 14.4 Å². The number of carbonyl (C=O) groups is 4. The van der Waals surface area contributed by atoms with E-state index >= 15 is 0 Å². The maximum absolute atomic E-state index is 13.3. The van der Waals surface area contributed by atoms with Crippen molar-refractivity contribution in [2.75, 3.05) is 56.3 Å². The summed E-state index contributed by atoms with van der Waals surface area (Å²) in [7, 11) is 0. The van der Waals surface area contributed by atoms with E-state index in [1.807, 2.05) is 45.6 Å². The largest absolute Gasteiger partial charge is 0.484 e. The zero-order valence-electron chi connectivity index (χ0n) is 38.1. The maximum atomic E-state index is 13.3. The Kier molecular flexibility index (Phi) is 16.5. The van der Waals surface area contributed by atoms with Crippen LogP contribution in [0.2, 0.25) is 0 Å². The molecule has 19 nitrogen and oxygen atoms in total. The van der Waals surface area contributed by atoms with Crippen molar-refractivity contribution in [1.82, 2.24) is 35.6 Å². The maximum Gasteiger partial charge on any atom is 0.326 e. The minimum atomic E-state index is -1.10. The Hall–Kier alpha value is -7.56. The molecule has 67 heavy (non-hydrogen) atoms. The normalized spacial score (nSPS) is 13.3. The second-order valence-electron chi connectivity index (χ2n) is 17.2. The summed E-state index contributed by atoms with van der Waals surface area (Å²) in [5.41, 5.74) is 2.04. The third kappa shape index (κ3) is 13.7. The number of fused-ring (bicyclic) bond motifs is 1. The Balaban J connectivity index is 0.833. The number of nitriles is 1. The van der Waals surface area contributed by atoms with Crippen molar-refractivity contribution in [2.24, 2.45) is 5.41 Å². The summed E-state index contributed by atoms with van der Waals surface area (Å²) in [4.78, 5) is 74.0. The SMILES string of the molecule is CC(C)(C)CC[C@H](NC(=O)c1ccc(Oc2cccc(OCC(=O)NCCOCCOCCNc3ncc(-c4ccc5c(n4)N(Cc4cccnc4C#N)C(C)(C)C5=O)cn3)c2)nc1)C(=O)O. The molecule has 0 fully saturated rings. The molecule has 0 bridgehead atoms. The molecule has 0 aliphatic carbocycles. The molecule has 0 unspecified atom stereocenters. The number of amides is 2. The molecule has 1 aliphatic heterocycles. The van der Waals surface area contributed by atoms with E-state index in [-0.39, 0.29) is 48.3 Å². The number of aromatic nitrogens is 5. The van der Waals surface area contributed by atoms with E-state index in [9.17, 15) is 29.5 Å². The topological polar surface area (TPSA) is 253 Å². The van der Waals surface area contributed by atoms with Gasteiger partial charge in [-0.2, -0.15) is 5.26 Å². The molecular weight excluding hydrogens is 861 g/mol. The Morgan fingerprint density at radius 3 is 2.34 bits per heavy atom. The van der Waals surface area contributed by atoms with Gasteiger partial charge in [0, 0.05) is 67.7 Å². The van der Waals surface area contributed by atoms with Crippen molar-refractivity contribution in [3.8, 4) is 34.7 Å². The monoisotopic (exact) mass is 914 g/mol. The third-order valence-corrected chi connectivity index (χ3v) is 10.5. The highest BCUT2D eigenvalue weighted by Gasteiger charge is 2.45. The number of ketones is 1. The van der Waals surface area contributed by atoms with E-state index in [1.165, 1.54) is 18.3 Å². The van der Waals surface area contributed by atoms with Gasteiger partial charge < -0.3 is 44.9 Å². The van der Waals surface area contributed by atoms with Crippen molar-refractivity contribution < 1.29 is 43.2 Å². The van der Waals surface area contributed by atoms with Crippen LogP contribution in [0.3, 0.4) is 0 Å². The van der Waals surface area contributed by atoms with Gasteiger partial charge >= 0.3 is 5.97 Å². The number of carboxylic acid groups (broad SMARTS) is 1. The number of pyridine rings is 3. The van der Waals surface area contributed by atoms with Crippen LogP contribution >= 0.6 is 0 Å². The van der Waals surface area contributed by atoms with E-state index < -0.39 is 23.5 Å². The second-order valence-corrected chi connectivity index (χ2v) is 17.2. The fourth-order valence-corrected chi connectivity index (χ4v) is 6.79. The highest BCUT2D eigenvalue weighted by atomic mass is 16.5. The van der Waals surface area contributed by atoms with Crippen molar-refractivity contribution in [3.63, 3.8) is 0 Å². The molecule has 2 amide bonds. The lowest BCUT2D eigenvalue weighted by atomic mass is 9.88. The van der Waals surface area contributed by atoms with Gasteiger partial charge in [0.15, 0.2) is 12.4 Å². The van der Waals surface area contributed by atoms with Crippen molar-refractivity contribution in [3.05, 3.63) is 108 Å². The molecular formula is C48H54N10O9. The number of aliphatic carboxylic acids is 1. The molecule has 1 atom stereocenters. The summed E-state index contributed by atoms with van der Waals surface area (Å²) in [6.45, 7) is 11.8. The number of benzene rings is 1. The highest BCUT2D eigenvalue weighted by Crippen LogP contribution is 2.40. The average molecular weight is 915 g/mol. The predicted octanol–water partition coefficient (Wildman–Crippen LogP) is 5.62. The summed E-state index contributed by atoms with van der Waals surface area (Å²) in [6, 6.07) is 17.9. The minimum absolute atomic E-state index is 0.0534. The molecule has 4 aromatic heterocycles. The van der Waals surface area contributed by atoms with Crippen molar-refractivity contribution in [2.45, 2.75) is 65.6 Å². The molecule has 1 aliphatic rings. The number of rotatable bonds is 23. The minimum Gasteiger partial charge on any atom is -0.484 e. The van der Waals surface area contributed by atoms with E-state index in [4.69, 9.17) is 23.9 Å². The summed E-state index contributed by atoms with van der Waals surface area (Å²) >= 11 is 0. The molecule has 0 saturated heterocycles. The first-order valence-electron chi connectivity index (χ1n) is 21.7. The van der Waals surface area contributed by atoms with Crippen LogP contribution in [0.25, 0.3) is 11.3 Å². The van der Waals surface area contributed by atoms with Gasteiger partial charge in [0.1, 0.15) is 35.1 Å². The van der Waals surface area contributed by atoms with Gasteiger partial charge in [-0.15, -0.1) is 0 Å². The number of ether oxygens (including phenoxy) is 4. The van der Waals surface area contributed by atoms with E-state index in [2.05, 4.69) is 42.0 Å². The quantitative estimate of drug-likeness (QED) is 0.0580. The first-order valence-corrected chi connectivity index (χ1v) is 21.7. The number of carbonyl (C=O) groups excluding carboxylic acids is 3. The number of nitrogens with one attached hydrogen (secondary N) is 3. The first-order chi connectivity index (χ1) is 32.1. The van der Waals surface area contributed by atoms with Crippen LogP contribution in [0.1, 0.15) is 79.4 Å². The van der Waals surface area contributed by atoms with E-state index in [1.54, 1.807) is 61.1 Å². The molecule has 350 valence electrons. The van der Waals surface area contributed by atoms with Crippen LogP contribution in [0.5, 0.6) is 17.4 Å². The molecule has 0 spiro atoms. The fourth-order valence-electron chi connectivity index (χ4n) is 6.79. The lowest BCUT2D eigenvalue weighted by Gasteiger charge is -2.32. The number of Topliss-reactive ketones (excluding diaryl/α,β-unsaturated/α-hetero) is 1. The molecule has 19 heteroatoms. The van der Waals surface area contributed by atoms with Crippen LogP contribution in [0.15, 0.2) is 85.5 Å².